The summed E-state index contributed by atoms with van der Waals surface area (Å²) in [5, 5.41) is 5.73. The number of rotatable bonds is 0. The van der Waals surface area contributed by atoms with Crippen LogP contribution >= 0.6 is 0 Å². The second-order valence-corrected chi connectivity index (χ2v) is 5.19. The van der Waals surface area contributed by atoms with Gasteiger partial charge in [-0.2, -0.15) is 0 Å². The number of hydrogen-bond acceptors (Lipinski definition) is 1. The van der Waals surface area contributed by atoms with Crippen molar-refractivity contribution in [2.45, 2.75) is 0 Å². The van der Waals surface area contributed by atoms with Gasteiger partial charge >= 0.3 is 81.3 Å². The number of nitrogens with zero attached hydrogens (tertiary/aromatic N) is 2. The van der Waals surface area contributed by atoms with Gasteiger partial charge in [0.15, 0.2) is 0 Å². The predicted octanol–water partition coefficient (Wildman–Crippen LogP) is 0.745. The summed E-state index contributed by atoms with van der Waals surface area (Å²) in [6.07, 6.45) is 0. The zero-order valence-corrected chi connectivity index (χ0v) is 11.9. The number of fused-ring (bicyclic) bond motifs is 1. The van der Waals surface area contributed by atoms with Crippen LogP contribution in [-0.2, 0) is 33.2 Å². The van der Waals surface area contributed by atoms with Gasteiger partial charge in [0.2, 0.25) is 0 Å². The van der Waals surface area contributed by atoms with Crippen LogP contribution in [0.15, 0.2) is 24.3 Å². The van der Waals surface area contributed by atoms with Crippen molar-refractivity contribution >= 4 is 14.1 Å². The van der Waals surface area contributed by atoms with Crippen LogP contribution in [0.2, 0.25) is 0 Å². The van der Waals surface area contributed by atoms with Gasteiger partial charge in [-0.15, -0.1) is 0 Å². The topological polar surface area (TPSA) is 17.8 Å². The van der Waals surface area contributed by atoms with Gasteiger partial charge in [-0.1, -0.05) is 0 Å². The van der Waals surface area contributed by atoms with Crippen molar-refractivity contribution in [2.75, 3.05) is 0 Å². The van der Waals surface area contributed by atoms with Crippen molar-refractivity contribution in [3.05, 3.63) is 24.3 Å². The Labute approximate surface area is 81.2 Å². The first-order valence-electron chi connectivity index (χ1n) is 3.53. The second-order valence-electron chi connectivity index (χ2n) is 2.59. The van der Waals surface area contributed by atoms with E-state index in [0.29, 0.717) is 26.1 Å². The summed E-state index contributed by atoms with van der Waals surface area (Å²) in [6.45, 7) is 0. The molecule has 11 heavy (non-hydrogen) atoms. The Kier molecular flexibility index (Phi) is 1.72. The first kappa shape index (κ1) is 7.28. The third-order valence-electron chi connectivity index (χ3n) is 1.83. The van der Waals surface area contributed by atoms with E-state index >= 15 is 0 Å². The Morgan fingerprint density at radius 2 is 2.09 bits per heavy atom. The first-order chi connectivity index (χ1) is 5.29. The van der Waals surface area contributed by atoms with Crippen molar-refractivity contribution in [3.8, 4) is 0 Å². The molecule has 0 saturated carbocycles. The summed E-state index contributed by atoms with van der Waals surface area (Å²) >= 11 is 0.624. The molecule has 1 aromatic carbocycles. The molecule has 0 aliphatic rings. The summed E-state index contributed by atoms with van der Waals surface area (Å²) < 4.78 is 3.25. The zero-order valence-electron chi connectivity index (χ0n) is 6.41. The molecule has 0 amide bonds. The van der Waals surface area contributed by atoms with E-state index in [4.69, 9.17) is 0 Å². The van der Waals surface area contributed by atoms with E-state index < -0.39 is 0 Å². The molecule has 0 fully saturated rings. The third-order valence-corrected chi connectivity index (χ3v) is 3.86. The molecule has 3 heteroatoms. The van der Waals surface area contributed by atoms with Crippen LogP contribution in [0, 0.1) is 0 Å². The molecule has 0 aliphatic carbocycles. The van der Waals surface area contributed by atoms with E-state index in [-0.39, 0.29) is 0 Å². The monoisotopic (exact) mass is 333 g/mol. The minimum atomic E-state index is 0.624. The molecule has 2 aromatic rings. The minimum absolute atomic E-state index is 0.624. The summed E-state index contributed by atoms with van der Waals surface area (Å²) in [7, 11) is 2.00. The summed E-state index contributed by atoms with van der Waals surface area (Å²) in [6, 6.07) is 8.38. The van der Waals surface area contributed by atoms with Gasteiger partial charge in [0.1, 0.15) is 0 Å². The molecular weight excluding hydrogens is 325 g/mol. The molecule has 0 aliphatic heterocycles. The number of para-hydroxylation sites is 1. The second kappa shape index (κ2) is 2.59. The average molecular weight is 332 g/mol. The van der Waals surface area contributed by atoms with Gasteiger partial charge in [0.25, 0.3) is 0 Å². The molecule has 1 heterocycles. The van der Waals surface area contributed by atoms with Crippen LogP contribution in [0.4, 0.5) is 0 Å². The fourth-order valence-electron chi connectivity index (χ4n) is 1.29. The maximum absolute atomic E-state index is 4.39. The van der Waals surface area contributed by atoms with Crippen LogP contribution in [0.5, 0.6) is 0 Å². The van der Waals surface area contributed by atoms with Crippen LogP contribution < -0.4 is 3.20 Å². The van der Waals surface area contributed by atoms with E-state index in [0.717, 1.165) is 0 Å². The molecule has 2 rings (SSSR count). The Morgan fingerprint density at radius 1 is 1.36 bits per heavy atom. The van der Waals surface area contributed by atoms with E-state index in [9.17, 15) is 0 Å². The number of aryl methyl sites for hydroxylation is 1. The van der Waals surface area contributed by atoms with Gasteiger partial charge in [-0.25, -0.2) is 0 Å². The van der Waals surface area contributed by atoms with Crippen molar-refractivity contribution in [1.82, 2.24) is 9.78 Å². The number of hydrogen-bond donors (Lipinski definition) is 0. The Morgan fingerprint density at radius 3 is 2.82 bits per heavy atom. The molecule has 2 nitrogen and oxygen atoms in total. The quantitative estimate of drug-likeness (QED) is 0.651. The molecule has 0 atom stereocenters. The Hall–Kier alpha value is -0.375. The van der Waals surface area contributed by atoms with Gasteiger partial charge < -0.3 is 0 Å². The van der Waals surface area contributed by atoms with Crippen molar-refractivity contribution < 1.29 is 26.1 Å². The van der Waals surface area contributed by atoms with Crippen LogP contribution in [0.1, 0.15) is 0 Å². The van der Waals surface area contributed by atoms with Gasteiger partial charge in [-0.05, 0) is 0 Å². The van der Waals surface area contributed by atoms with Crippen LogP contribution in [0.3, 0.4) is 0 Å². The van der Waals surface area contributed by atoms with Crippen molar-refractivity contribution in [3.63, 3.8) is 0 Å². The molecule has 0 unspecified atom stereocenters. The normalized spacial score (nSPS) is 10.8. The van der Waals surface area contributed by atoms with E-state index in [1.54, 1.807) is 0 Å². The molecule has 50 valence electrons. The fourth-order valence-corrected chi connectivity index (χ4v) is 3.28. The Bertz CT molecular complexity index is 356. The average Bonchev–Trinajstić information content (AvgIpc) is 2.30. The molecule has 0 spiro atoms. The SMILES string of the molecule is Cn1n[c]([Hg+])c2ccccc21. The standard InChI is InChI=1S/C8H7N2.Hg/c1-10-8-5-3-2-4-7(8)6-9-10;/h2-5H,1H3;/q;+1. The van der Waals surface area contributed by atoms with Gasteiger partial charge in [0, 0.05) is 0 Å². The van der Waals surface area contributed by atoms with Crippen molar-refractivity contribution in [1.29, 1.82) is 0 Å². The van der Waals surface area contributed by atoms with Gasteiger partial charge in [0.05, 0.1) is 0 Å². The molecule has 1 aromatic heterocycles. The molecule has 0 saturated heterocycles. The third kappa shape index (κ3) is 1.09. The fraction of sp³-hybridized carbons (Fsp3) is 0.125. The molecular formula is C8H7HgN2+. The number of benzene rings is 1. The molecule has 0 N–H and O–H groups in total. The van der Waals surface area contributed by atoms with E-state index in [1.807, 2.05) is 11.7 Å². The van der Waals surface area contributed by atoms with E-state index in [1.165, 1.54) is 14.1 Å². The summed E-state index contributed by atoms with van der Waals surface area (Å²) in [5.41, 5.74) is 1.25. The van der Waals surface area contributed by atoms with Gasteiger partial charge in [-0.3, -0.25) is 0 Å². The zero-order chi connectivity index (χ0) is 7.84. The summed E-state index contributed by atoms with van der Waals surface area (Å²) in [5.74, 6) is 0. The molecule has 0 bridgehead atoms. The van der Waals surface area contributed by atoms with Crippen LogP contribution in [0.25, 0.3) is 10.9 Å². The van der Waals surface area contributed by atoms with Crippen LogP contribution in [-0.4, -0.2) is 9.78 Å². The van der Waals surface area contributed by atoms with E-state index in [2.05, 4.69) is 29.4 Å². The number of aromatic nitrogens is 2. The predicted molar refractivity (Wildman–Crippen MR) is 40.3 cm³/mol. The first-order valence-corrected chi connectivity index (χ1v) is 6.27. The van der Waals surface area contributed by atoms with Crippen molar-refractivity contribution in [2.24, 2.45) is 7.05 Å². The summed E-state index contributed by atoms with van der Waals surface area (Å²) in [4.78, 5) is 0. The molecule has 0 radical (unpaired) electrons. The Balaban J connectivity index is 2.95. The maximum atomic E-state index is 4.39.